The number of benzene rings is 2. The number of para-hydroxylation sites is 2. The lowest BCUT2D eigenvalue weighted by atomic mass is 10.2. The van der Waals surface area contributed by atoms with Gasteiger partial charge in [-0.05, 0) is 24.6 Å². The third-order valence-electron chi connectivity index (χ3n) is 3.82. The van der Waals surface area contributed by atoms with Gasteiger partial charge in [-0.15, -0.1) is 0 Å². The largest absolute Gasteiger partial charge is 0.305 e. The molecule has 6 heteroatoms. The Kier molecular flexibility index (Phi) is 4.49. The van der Waals surface area contributed by atoms with Gasteiger partial charge in [0.15, 0.2) is 9.84 Å². The van der Waals surface area contributed by atoms with Crippen LogP contribution in [0.4, 0.5) is 0 Å². The summed E-state index contributed by atoms with van der Waals surface area (Å²) >= 11 is 0. The van der Waals surface area contributed by atoms with E-state index < -0.39 is 9.84 Å². The smallest absolute Gasteiger partial charge is 0.273 e. The van der Waals surface area contributed by atoms with E-state index in [1.807, 2.05) is 31.2 Å². The van der Waals surface area contributed by atoms with Crippen LogP contribution in [0.2, 0.25) is 0 Å². The van der Waals surface area contributed by atoms with Crippen molar-refractivity contribution in [3.05, 3.63) is 76.2 Å². The van der Waals surface area contributed by atoms with Crippen LogP contribution in [0.1, 0.15) is 18.2 Å². The van der Waals surface area contributed by atoms with Crippen LogP contribution in [-0.4, -0.2) is 18.0 Å². The van der Waals surface area contributed by atoms with Crippen LogP contribution in [0, 0.1) is 0 Å². The fourth-order valence-corrected chi connectivity index (χ4v) is 4.15. The lowest BCUT2D eigenvalue weighted by molar-refractivity contribution is 0.593. The molecule has 0 aliphatic rings. The summed E-state index contributed by atoms with van der Waals surface area (Å²) in [4.78, 5) is 16.9. The summed E-state index contributed by atoms with van der Waals surface area (Å²) in [5.41, 5.74) is 1.78. The molecule has 5 nitrogen and oxygen atoms in total. The monoisotopic (exact) mass is 342 g/mol. The molecule has 3 aromatic rings. The molecule has 1 aromatic heterocycles. The molecule has 0 atom stereocenters. The number of rotatable bonds is 5. The molecule has 0 aliphatic carbocycles. The maximum Gasteiger partial charge on any atom is 0.273 e. The van der Waals surface area contributed by atoms with Crippen LogP contribution < -0.4 is 5.56 Å². The minimum Gasteiger partial charge on any atom is -0.305 e. The fourth-order valence-electron chi connectivity index (χ4n) is 2.74. The van der Waals surface area contributed by atoms with E-state index in [1.54, 1.807) is 34.9 Å². The quantitative estimate of drug-likeness (QED) is 0.714. The van der Waals surface area contributed by atoms with Crippen molar-refractivity contribution in [2.45, 2.75) is 25.0 Å². The van der Waals surface area contributed by atoms with Gasteiger partial charge in [-0.25, -0.2) is 13.4 Å². The molecule has 0 saturated heterocycles. The van der Waals surface area contributed by atoms with Crippen molar-refractivity contribution in [2.24, 2.45) is 0 Å². The molecule has 24 heavy (non-hydrogen) atoms. The first-order chi connectivity index (χ1) is 11.5. The number of aryl methyl sites for hydroxylation is 1. The molecular formula is C18H18N2O3S. The van der Waals surface area contributed by atoms with Gasteiger partial charge in [-0.2, -0.15) is 0 Å². The van der Waals surface area contributed by atoms with Gasteiger partial charge >= 0.3 is 0 Å². The van der Waals surface area contributed by atoms with Gasteiger partial charge in [0.25, 0.3) is 5.56 Å². The van der Waals surface area contributed by atoms with E-state index in [9.17, 15) is 13.2 Å². The molecule has 0 fully saturated rings. The van der Waals surface area contributed by atoms with Crippen molar-refractivity contribution in [3.63, 3.8) is 0 Å². The summed E-state index contributed by atoms with van der Waals surface area (Å²) in [5.74, 6) is -0.459. The Labute approximate surface area is 140 Å². The lowest BCUT2D eigenvalue weighted by Gasteiger charge is -2.10. The van der Waals surface area contributed by atoms with Crippen LogP contribution in [0.5, 0.6) is 0 Å². The molecule has 0 unspecified atom stereocenters. The normalized spacial score (nSPS) is 11.7. The summed E-state index contributed by atoms with van der Waals surface area (Å²) in [7, 11) is -3.48. The van der Waals surface area contributed by atoms with Gasteiger partial charge in [-0.1, -0.05) is 42.5 Å². The van der Waals surface area contributed by atoms with Crippen molar-refractivity contribution in [1.82, 2.24) is 9.55 Å². The second-order valence-electron chi connectivity index (χ2n) is 5.61. The summed E-state index contributed by atoms with van der Waals surface area (Å²) in [6, 6.07) is 16.2. The van der Waals surface area contributed by atoms with E-state index in [4.69, 9.17) is 0 Å². The molecule has 2 aromatic carbocycles. The van der Waals surface area contributed by atoms with E-state index in [1.165, 1.54) is 0 Å². The summed E-state index contributed by atoms with van der Waals surface area (Å²) in [5, 5.41) is 0. The number of aromatic nitrogens is 2. The Morgan fingerprint density at radius 1 is 0.958 bits per heavy atom. The molecule has 0 N–H and O–H groups in total. The average Bonchev–Trinajstić information content (AvgIpc) is 2.56. The fraction of sp³-hybridized carbons (Fsp3) is 0.222. The van der Waals surface area contributed by atoms with Crippen LogP contribution in [-0.2, 0) is 27.9 Å². The molecule has 124 valence electrons. The van der Waals surface area contributed by atoms with Crippen molar-refractivity contribution in [3.8, 4) is 0 Å². The highest BCUT2D eigenvalue weighted by Gasteiger charge is 2.18. The molecule has 0 aliphatic heterocycles. The number of sulfone groups is 1. The summed E-state index contributed by atoms with van der Waals surface area (Å²) < 4.78 is 26.5. The Morgan fingerprint density at radius 3 is 2.33 bits per heavy atom. The van der Waals surface area contributed by atoms with Gasteiger partial charge in [0.1, 0.15) is 5.69 Å². The molecule has 0 saturated carbocycles. The van der Waals surface area contributed by atoms with Gasteiger partial charge in [-0.3, -0.25) is 4.79 Å². The first kappa shape index (κ1) is 16.4. The highest BCUT2D eigenvalue weighted by atomic mass is 32.2. The number of hydrogen-bond acceptors (Lipinski definition) is 4. The molecule has 0 spiro atoms. The molecule has 0 bridgehead atoms. The second kappa shape index (κ2) is 6.57. The number of hydrogen-bond donors (Lipinski definition) is 0. The van der Waals surface area contributed by atoms with Gasteiger partial charge < -0.3 is 4.57 Å². The zero-order chi connectivity index (χ0) is 17.2. The Balaban J connectivity index is 2.01. The van der Waals surface area contributed by atoms with Crippen molar-refractivity contribution in [2.75, 3.05) is 0 Å². The second-order valence-corrected chi connectivity index (χ2v) is 7.68. The van der Waals surface area contributed by atoms with E-state index >= 15 is 0 Å². The van der Waals surface area contributed by atoms with E-state index in [-0.39, 0.29) is 22.8 Å². The summed E-state index contributed by atoms with van der Waals surface area (Å²) in [6.45, 7) is 2.32. The van der Waals surface area contributed by atoms with Crippen molar-refractivity contribution >= 4 is 20.9 Å². The molecular weight excluding hydrogens is 324 g/mol. The van der Waals surface area contributed by atoms with E-state index in [2.05, 4.69) is 4.98 Å². The van der Waals surface area contributed by atoms with Gasteiger partial charge in [0.2, 0.25) is 0 Å². The maximum atomic E-state index is 12.6. The van der Waals surface area contributed by atoms with Crippen molar-refractivity contribution < 1.29 is 8.42 Å². The zero-order valence-electron chi connectivity index (χ0n) is 13.3. The molecule has 3 rings (SSSR count). The topological polar surface area (TPSA) is 69.0 Å². The maximum absolute atomic E-state index is 12.6. The van der Waals surface area contributed by atoms with Crippen LogP contribution >= 0.6 is 0 Å². The Bertz CT molecular complexity index is 1030. The Hall–Kier alpha value is -2.47. The third kappa shape index (κ3) is 3.38. The average molecular weight is 342 g/mol. The highest BCUT2D eigenvalue weighted by molar-refractivity contribution is 7.89. The van der Waals surface area contributed by atoms with Crippen LogP contribution in [0.15, 0.2) is 59.4 Å². The summed E-state index contributed by atoms with van der Waals surface area (Å²) in [6.07, 6.45) is 0. The molecule has 0 amide bonds. The minimum absolute atomic E-state index is 0.0754. The predicted molar refractivity (Wildman–Crippen MR) is 94.4 cm³/mol. The SMILES string of the molecule is CCn1c(=O)c(CS(=O)(=O)Cc2ccccc2)nc2ccccc21. The number of nitrogens with zero attached hydrogens (tertiary/aromatic N) is 2. The first-order valence-electron chi connectivity index (χ1n) is 7.73. The van der Waals surface area contributed by atoms with Crippen LogP contribution in [0.3, 0.4) is 0 Å². The Morgan fingerprint density at radius 2 is 1.62 bits per heavy atom. The van der Waals surface area contributed by atoms with Gasteiger partial charge in [0, 0.05) is 6.54 Å². The van der Waals surface area contributed by atoms with Gasteiger partial charge in [0.05, 0.1) is 22.5 Å². The third-order valence-corrected chi connectivity index (χ3v) is 5.31. The minimum atomic E-state index is -3.48. The molecule has 1 heterocycles. The van der Waals surface area contributed by atoms with E-state index in [0.29, 0.717) is 23.1 Å². The van der Waals surface area contributed by atoms with E-state index in [0.717, 1.165) is 0 Å². The first-order valence-corrected chi connectivity index (χ1v) is 9.55. The van der Waals surface area contributed by atoms with Crippen LogP contribution in [0.25, 0.3) is 11.0 Å². The lowest BCUT2D eigenvalue weighted by Crippen LogP contribution is -2.27. The standard InChI is InChI=1S/C18H18N2O3S/c1-2-20-17-11-7-6-10-15(17)19-16(18(20)21)13-24(22,23)12-14-8-4-3-5-9-14/h3-11H,2,12-13H2,1H3. The number of fused-ring (bicyclic) bond motifs is 1. The zero-order valence-corrected chi connectivity index (χ0v) is 14.2. The molecule has 0 radical (unpaired) electrons. The highest BCUT2D eigenvalue weighted by Crippen LogP contribution is 2.13. The van der Waals surface area contributed by atoms with Crippen molar-refractivity contribution in [1.29, 1.82) is 0 Å². The predicted octanol–water partition coefficient (Wildman–Crippen LogP) is 2.53.